The number of benzene rings is 1. The second kappa shape index (κ2) is 2.96. The van der Waals surface area contributed by atoms with Crippen molar-refractivity contribution >= 4 is 30.7 Å². The van der Waals surface area contributed by atoms with Crippen molar-refractivity contribution in [3.05, 3.63) is 30.3 Å². The minimum atomic E-state index is -3.90. The third kappa shape index (κ3) is 1.49. The Morgan fingerprint density at radius 1 is 1.36 bits per heavy atom. The van der Waals surface area contributed by atoms with Crippen molar-refractivity contribution in [2.45, 2.75) is 4.90 Å². The van der Waals surface area contributed by atoms with Crippen LogP contribution in [-0.2, 0) is 9.05 Å². The minimum absolute atomic E-state index is 0.0223. The molecule has 0 aliphatic carbocycles. The molecule has 1 aromatic carbocycles. The van der Waals surface area contributed by atoms with E-state index in [1.165, 1.54) is 18.4 Å². The van der Waals surface area contributed by atoms with Gasteiger partial charge in [0.2, 0.25) is 0 Å². The predicted molar refractivity (Wildman–Crippen MR) is 49.2 cm³/mol. The first-order valence-corrected chi connectivity index (χ1v) is 5.91. The SMILES string of the molecule is O=S(=O)(Cl)c1cc(F)c2occc2c1. The molecular formula is C8H4ClFO3S. The van der Waals surface area contributed by atoms with Crippen molar-refractivity contribution in [1.29, 1.82) is 0 Å². The second-order valence-corrected chi connectivity index (χ2v) is 5.25. The van der Waals surface area contributed by atoms with E-state index in [0.29, 0.717) is 5.39 Å². The quantitative estimate of drug-likeness (QED) is 0.713. The molecule has 0 amide bonds. The third-order valence-corrected chi connectivity index (χ3v) is 3.09. The van der Waals surface area contributed by atoms with Crippen LogP contribution in [0.3, 0.4) is 0 Å². The molecule has 74 valence electrons. The molecule has 0 bridgehead atoms. The van der Waals surface area contributed by atoms with Crippen LogP contribution in [-0.4, -0.2) is 8.42 Å². The summed E-state index contributed by atoms with van der Waals surface area (Å²) in [6.07, 6.45) is 1.28. The lowest BCUT2D eigenvalue weighted by Gasteiger charge is -1.96. The van der Waals surface area contributed by atoms with Crippen molar-refractivity contribution in [1.82, 2.24) is 0 Å². The molecule has 1 heterocycles. The maximum atomic E-state index is 13.2. The topological polar surface area (TPSA) is 47.3 Å². The van der Waals surface area contributed by atoms with Crippen LogP contribution < -0.4 is 0 Å². The van der Waals surface area contributed by atoms with E-state index < -0.39 is 14.9 Å². The van der Waals surface area contributed by atoms with Gasteiger partial charge in [-0.2, -0.15) is 0 Å². The molecule has 3 nitrogen and oxygen atoms in total. The number of halogens is 2. The van der Waals surface area contributed by atoms with Gasteiger partial charge in [-0.3, -0.25) is 0 Å². The molecule has 1 aromatic heterocycles. The van der Waals surface area contributed by atoms with Crippen LogP contribution in [0.4, 0.5) is 4.39 Å². The van der Waals surface area contributed by atoms with Crippen molar-refractivity contribution in [3.63, 3.8) is 0 Å². The fourth-order valence-electron chi connectivity index (χ4n) is 1.15. The van der Waals surface area contributed by atoms with Gasteiger partial charge in [-0.15, -0.1) is 0 Å². The van der Waals surface area contributed by atoms with Gasteiger partial charge < -0.3 is 4.42 Å². The molecular weight excluding hydrogens is 231 g/mol. The van der Waals surface area contributed by atoms with Gasteiger partial charge >= 0.3 is 0 Å². The number of fused-ring (bicyclic) bond motifs is 1. The van der Waals surface area contributed by atoms with E-state index >= 15 is 0 Å². The fourth-order valence-corrected chi connectivity index (χ4v) is 1.93. The number of furan rings is 1. The largest absolute Gasteiger partial charge is 0.461 e. The Labute approximate surface area is 83.5 Å². The average Bonchev–Trinajstić information content (AvgIpc) is 2.50. The summed E-state index contributed by atoms with van der Waals surface area (Å²) in [4.78, 5) is -0.273. The van der Waals surface area contributed by atoms with Crippen molar-refractivity contribution < 1.29 is 17.2 Å². The summed E-state index contributed by atoms with van der Waals surface area (Å²) in [5, 5.41) is 0.365. The van der Waals surface area contributed by atoms with Crippen molar-refractivity contribution in [2.24, 2.45) is 0 Å². The first-order valence-electron chi connectivity index (χ1n) is 3.60. The van der Waals surface area contributed by atoms with E-state index in [-0.39, 0.29) is 10.5 Å². The standard InChI is InChI=1S/C8H4ClFO3S/c9-14(11,12)6-3-5-1-2-13-8(5)7(10)4-6/h1-4H. The van der Waals surface area contributed by atoms with Gasteiger partial charge in [-0.25, -0.2) is 12.8 Å². The lowest BCUT2D eigenvalue weighted by molar-refractivity contribution is 0.557. The summed E-state index contributed by atoms with van der Waals surface area (Å²) in [5.41, 5.74) is 0.0223. The Morgan fingerprint density at radius 3 is 2.71 bits per heavy atom. The Bertz CT molecular complexity index is 588. The van der Waals surface area contributed by atoms with Gasteiger partial charge in [0.25, 0.3) is 9.05 Å². The van der Waals surface area contributed by atoms with Crippen LogP contribution in [0, 0.1) is 5.82 Å². The van der Waals surface area contributed by atoms with E-state index in [4.69, 9.17) is 15.1 Å². The zero-order valence-electron chi connectivity index (χ0n) is 6.70. The molecule has 0 unspecified atom stereocenters. The first kappa shape index (κ1) is 9.48. The fraction of sp³-hybridized carbons (Fsp3) is 0. The summed E-state index contributed by atoms with van der Waals surface area (Å²) in [5.74, 6) is -0.744. The second-order valence-electron chi connectivity index (χ2n) is 2.68. The maximum Gasteiger partial charge on any atom is 0.261 e. The highest BCUT2D eigenvalue weighted by atomic mass is 35.7. The predicted octanol–water partition coefficient (Wildman–Crippen LogP) is 2.50. The summed E-state index contributed by atoms with van der Waals surface area (Å²) in [6, 6.07) is 3.54. The smallest absolute Gasteiger partial charge is 0.261 e. The normalized spacial score (nSPS) is 12.1. The summed E-state index contributed by atoms with van der Waals surface area (Å²) in [6.45, 7) is 0. The Morgan fingerprint density at radius 2 is 2.07 bits per heavy atom. The molecule has 0 spiro atoms. The van der Waals surface area contributed by atoms with Crippen molar-refractivity contribution in [2.75, 3.05) is 0 Å². The monoisotopic (exact) mass is 234 g/mol. The molecule has 0 saturated heterocycles. The molecule has 0 N–H and O–H groups in total. The molecule has 0 fully saturated rings. The molecule has 6 heteroatoms. The van der Waals surface area contributed by atoms with Gasteiger partial charge in [-0.1, -0.05) is 0 Å². The van der Waals surface area contributed by atoms with Gasteiger partial charge in [0.1, 0.15) is 0 Å². The zero-order valence-corrected chi connectivity index (χ0v) is 8.27. The molecule has 0 aliphatic rings. The van der Waals surface area contributed by atoms with Gasteiger partial charge in [0, 0.05) is 16.1 Å². The van der Waals surface area contributed by atoms with Crippen LogP contribution in [0.25, 0.3) is 11.0 Å². The van der Waals surface area contributed by atoms with Crippen LogP contribution >= 0.6 is 10.7 Å². The average molecular weight is 235 g/mol. The molecule has 0 atom stereocenters. The highest BCUT2D eigenvalue weighted by molar-refractivity contribution is 8.13. The number of rotatable bonds is 1. The lowest BCUT2D eigenvalue weighted by atomic mass is 10.2. The number of hydrogen-bond donors (Lipinski definition) is 0. The molecule has 0 saturated carbocycles. The first-order chi connectivity index (χ1) is 6.48. The summed E-state index contributed by atoms with van der Waals surface area (Å²) in [7, 11) is 1.17. The van der Waals surface area contributed by atoms with E-state index in [2.05, 4.69) is 0 Å². The van der Waals surface area contributed by atoms with Gasteiger partial charge in [0.05, 0.1) is 11.2 Å². The Balaban J connectivity index is 2.83. The third-order valence-electron chi connectivity index (χ3n) is 1.76. The van der Waals surface area contributed by atoms with Crippen LogP contribution in [0.1, 0.15) is 0 Å². The zero-order chi connectivity index (χ0) is 10.3. The molecule has 14 heavy (non-hydrogen) atoms. The van der Waals surface area contributed by atoms with E-state index in [0.717, 1.165) is 6.07 Å². The van der Waals surface area contributed by atoms with Crippen LogP contribution in [0.5, 0.6) is 0 Å². The number of hydrogen-bond acceptors (Lipinski definition) is 3. The maximum absolute atomic E-state index is 13.2. The van der Waals surface area contributed by atoms with Crippen LogP contribution in [0.2, 0.25) is 0 Å². The van der Waals surface area contributed by atoms with E-state index in [9.17, 15) is 12.8 Å². The Kier molecular flexibility index (Phi) is 2.01. The lowest BCUT2D eigenvalue weighted by Crippen LogP contribution is -1.91. The van der Waals surface area contributed by atoms with Crippen molar-refractivity contribution in [3.8, 4) is 0 Å². The summed E-state index contributed by atoms with van der Waals surface area (Å²) >= 11 is 0. The molecule has 2 aromatic rings. The molecule has 2 rings (SSSR count). The van der Waals surface area contributed by atoms with Gasteiger partial charge in [-0.05, 0) is 18.2 Å². The van der Waals surface area contributed by atoms with E-state index in [1.54, 1.807) is 0 Å². The highest BCUT2D eigenvalue weighted by Crippen LogP contribution is 2.25. The Hall–Kier alpha value is -1.07. The van der Waals surface area contributed by atoms with E-state index in [1.807, 2.05) is 0 Å². The highest BCUT2D eigenvalue weighted by Gasteiger charge is 2.14. The van der Waals surface area contributed by atoms with Gasteiger partial charge in [0.15, 0.2) is 11.4 Å². The minimum Gasteiger partial charge on any atom is -0.461 e. The molecule has 0 radical (unpaired) electrons. The summed E-state index contributed by atoms with van der Waals surface area (Å²) < 4.78 is 39.8. The molecule has 0 aliphatic heterocycles. The van der Waals surface area contributed by atoms with Crippen LogP contribution in [0.15, 0.2) is 33.8 Å².